The number of rotatable bonds is 2. The van der Waals surface area contributed by atoms with Gasteiger partial charge in [0, 0.05) is 29.1 Å². The molecule has 1 aromatic rings. The molecule has 2 rings (SSSR count). The van der Waals surface area contributed by atoms with Crippen LogP contribution in [-0.4, -0.2) is 24.1 Å². The quantitative estimate of drug-likeness (QED) is 0.855. The Morgan fingerprint density at radius 3 is 3.07 bits per heavy atom. The van der Waals surface area contributed by atoms with Crippen molar-refractivity contribution < 1.29 is 0 Å². The molecule has 0 amide bonds. The van der Waals surface area contributed by atoms with Crippen LogP contribution in [0, 0.1) is 6.92 Å². The summed E-state index contributed by atoms with van der Waals surface area (Å²) in [6.45, 7) is 4.31. The van der Waals surface area contributed by atoms with Crippen LogP contribution in [0.25, 0.3) is 0 Å². The van der Waals surface area contributed by atoms with Gasteiger partial charge in [-0.15, -0.1) is 0 Å². The zero-order valence-electron chi connectivity index (χ0n) is 8.92. The van der Waals surface area contributed by atoms with E-state index in [1.807, 2.05) is 6.92 Å². The summed E-state index contributed by atoms with van der Waals surface area (Å²) in [6, 6.07) is 6.40. The zero-order valence-corrected chi connectivity index (χ0v) is 10.5. The first-order chi connectivity index (χ1) is 7.25. The summed E-state index contributed by atoms with van der Waals surface area (Å²) in [5, 5.41) is 5.02. The van der Waals surface area contributed by atoms with E-state index in [2.05, 4.69) is 35.3 Å². The molecule has 15 heavy (non-hydrogen) atoms. The highest BCUT2D eigenvalue weighted by Crippen LogP contribution is 2.22. The van der Waals surface area contributed by atoms with Crippen molar-refractivity contribution in [3.63, 3.8) is 0 Å². The van der Waals surface area contributed by atoms with Gasteiger partial charge in [0.15, 0.2) is 0 Å². The highest BCUT2D eigenvalue weighted by Gasteiger charge is 2.14. The summed E-state index contributed by atoms with van der Waals surface area (Å²) in [6.07, 6.45) is 1.12. The van der Waals surface area contributed by atoms with Crippen LogP contribution in [0.4, 0.5) is 0 Å². The second-order valence-electron chi connectivity index (χ2n) is 3.98. The monoisotopic (exact) mass is 241 g/mol. The molecule has 82 valence electrons. The smallest absolute Gasteiger partial charge is 0.0437 e. The second kappa shape index (κ2) is 5.24. The SMILES string of the molecule is Cc1ccc(CC2CNCCS2)cc1Cl. The van der Waals surface area contributed by atoms with Gasteiger partial charge in [-0.05, 0) is 30.5 Å². The Morgan fingerprint density at radius 2 is 2.40 bits per heavy atom. The predicted octanol–water partition coefficient (Wildman–Crippen LogP) is 2.90. The lowest BCUT2D eigenvalue weighted by Gasteiger charge is -2.22. The maximum atomic E-state index is 6.11. The van der Waals surface area contributed by atoms with Crippen LogP contribution in [0.2, 0.25) is 5.02 Å². The van der Waals surface area contributed by atoms with Gasteiger partial charge in [0.2, 0.25) is 0 Å². The summed E-state index contributed by atoms with van der Waals surface area (Å²) in [7, 11) is 0. The molecule has 1 aliphatic heterocycles. The molecule has 1 saturated heterocycles. The first-order valence-electron chi connectivity index (χ1n) is 5.33. The van der Waals surface area contributed by atoms with Gasteiger partial charge in [0.25, 0.3) is 0 Å². The highest BCUT2D eigenvalue weighted by atomic mass is 35.5. The number of aryl methyl sites for hydroxylation is 1. The van der Waals surface area contributed by atoms with Crippen molar-refractivity contribution in [3.8, 4) is 0 Å². The Labute approximate surface area is 101 Å². The summed E-state index contributed by atoms with van der Waals surface area (Å²) >= 11 is 8.17. The van der Waals surface area contributed by atoms with Crippen molar-refractivity contribution in [2.75, 3.05) is 18.8 Å². The lowest BCUT2D eigenvalue weighted by atomic mass is 10.1. The van der Waals surface area contributed by atoms with Crippen molar-refractivity contribution >= 4 is 23.4 Å². The topological polar surface area (TPSA) is 12.0 Å². The van der Waals surface area contributed by atoms with Gasteiger partial charge in [-0.3, -0.25) is 0 Å². The van der Waals surface area contributed by atoms with Crippen molar-refractivity contribution in [2.45, 2.75) is 18.6 Å². The molecule has 1 heterocycles. The highest BCUT2D eigenvalue weighted by molar-refractivity contribution is 8.00. The number of hydrogen-bond acceptors (Lipinski definition) is 2. The van der Waals surface area contributed by atoms with E-state index in [9.17, 15) is 0 Å². The number of nitrogens with one attached hydrogen (secondary N) is 1. The van der Waals surface area contributed by atoms with E-state index < -0.39 is 0 Å². The minimum absolute atomic E-state index is 0.706. The van der Waals surface area contributed by atoms with E-state index in [0.29, 0.717) is 5.25 Å². The molecule has 0 radical (unpaired) electrons. The minimum atomic E-state index is 0.706. The number of benzene rings is 1. The van der Waals surface area contributed by atoms with Crippen molar-refractivity contribution in [3.05, 3.63) is 34.3 Å². The third-order valence-electron chi connectivity index (χ3n) is 2.70. The van der Waals surface area contributed by atoms with E-state index in [4.69, 9.17) is 11.6 Å². The molecule has 0 spiro atoms. The summed E-state index contributed by atoms with van der Waals surface area (Å²) in [4.78, 5) is 0. The molecule has 1 aliphatic rings. The van der Waals surface area contributed by atoms with Crippen molar-refractivity contribution in [1.82, 2.24) is 5.32 Å². The van der Waals surface area contributed by atoms with Crippen LogP contribution >= 0.6 is 23.4 Å². The summed E-state index contributed by atoms with van der Waals surface area (Å²) < 4.78 is 0. The maximum absolute atomic E-state index is 6.11. The number of thioether (sulfide) groups is 1. The van der Waals surface area contributed by atoms with Gasteiger partial charge in [0.05, 0.1) is 0 Å². The first-order valence-corrected chi connectivity index (χ1v) is 6.76. The van der Waals surface area contributed by atoms with Crippen LogP contribution in [0.1, 0.15) is 11.1 Å². The number of halogens is 1. The number of hydrogen-bond donors (Lipinski definition) is 1. The Bertz CT molecular complexity index is 334. The molecule has 0 saturated carbocycles. The Balaban J connectivity index is 2.00. The predicted molar refractivity (Wildman–Crippen MR) is 69.0 cm³/mol. The van der Waals surface area contributed by atoms with Crippen LogP contribution in [-0.2, 0) is 6.42 Å². The summed E-state index contributed by atoms with van der Waals surface area (Å²) in [5.74, 6) is 1.23. The largest absolute Gasteiger partial charge is 0.315 e. The van der Waals surface area contributed by atoms with Crippen LogP contribution in [0.3, 0.4) is 0 Å². The lowest BCUT2D eigenvalue weighted by Crippen LogP contribution is -2.33. The summed E-state index contributed by atoms with van der Waals surface area (Å²) in [5.41, 5.74) is 2.52. The molecule has 1 nitrogen and oxygen atoms in total. The fourth-order valence-corrected chi connectivity index (χ4v) is 3.12. The molecule has 1 atom stereocenters. The van der Waals surface area contributed by atoms with E-state index >= 15 is 0 Å². The van der Waals surface area contributed by atoms with Crippen LogP contribution in [0.15, 0.2) is 18.2 Å². The maximum Gasteiger partial charge on any atom is 0.0437 e. The van der Waals surface area contributed by atoms with Gasteiger partial charge in [-0.25, -0.2) is 0 Å². The Kier molecular flexibility index (Phi) is 3.95. The van der Waals surface area contributed by atoms with Gasteiger partial charge in [-0.1, -0.05) is 23.7 Å². The zero-order chi connectivity index (χ0) is 10.7. The third kappa shape index (κ3) is 3.13. The molecule has 1 aromatic carbocycles. The molecule has 1 unspecified atom stereocenters. The van der Waals surface area contributed by atoms with E-state index in [-0.39, 0.29) is 0 Å². The first kappa shape index (κ1) is 11.3. The Morgan fingerprint density at radius 1 is 1.53 bits per heavy atom. The normalized spacial score (nSPS) is 21.6. The van der Waals surface area contributed by atoms with E-state index in [1.165, 1.54) is 11.3 Å². The van der Waals surface area contributed by atoms with Crippen molar-refractivity contribution in [1.29, 1.82) is 0 Å². The van der Waals surface area contributed by atoms with Gasteiger partial charge < -0.3 is 5.32 Å². The van der Waals surface area contributed by atoms with Crippen molar-refractivity contribution in [2.24, 2.45) is 0 Å². The lowest BCUT2D eigenvalue weighted by molar-refractivity contribution is 0.666. The average molecular weight is 242 g/mol. The average Bonchev–Trinajstić information content (AvgIpc) is 2.25. The fourth-order valence-electron chi connectivity index (χ4n) is 1.78. The van der Waals surface area contributed by atoms with Gasteiger partial charge in [0.1, 0.15) is 0 Å². The molecular weight excluding hydrogens is 226 g/mol. The van der Waals surface area contributed by atoms with Gasteiger partial charge in [-0.2, -0.15) is 11.8 Å². The van der Waals surface area contributed by atoms with E-state index in [1.54, 1.807) is 0 Å². The minimum Gasteiger partial charge on any atom is -0.315 e. The van der Waals surface area contributed by atoms with Gasteiger partial charge >= 0.3 is 0 Å². The molecule has 1 fully saturated rings. The van der Waals surface area contributed by atoms with Crippen LogP contribution < -0.4 is 5.32 Å². The standard InChI is InChI=1S/C12H16ClNS/c1-9-2-3-10(7-12(9)13)6-11-8-14-4-5-15-11/h2-3,7,11,14H,4-6,8H2,1H3. The molecule has 0 bridgehead atoms. The second-order valence-corrected chi connectivity index (χ2v) is 5.80. The molecular formula is C12H16ClNS. The molecule has 1 N–H and O–H groups in total. The molecule has 3 heteroatoms. The Hall–Kier alpha value is -0.180. The fraction of sp³-hybridized carbons (Fsp3) is 0.500. The van der Waals surface area contributed by atoms with E-state index in [0.717, 1.165) is 30.1 Å². The third-order valence-corrected chi connectivity index (χ3v) is 4.36. The van der Waals surface area contributed by atoms with Crippen LogP contribution in [0.5, 0.6) is 0 Å². The molecule has 0 aromatic heterocycles. The molecule has 0 aliphatic carbocycles.